The molecule has 8 nitrogen and oxygen atoms in total. The van der Waals surface area contributed by atoms with Crippen LogP contribution in [0, 0.1) is 0 Å². The molecule has 0 aliphatic carbocycles. The maximum atomic E-state index is 11.2. The Morgan fingerprint density at radius 2 is 2.14 bits per heavy atom. The van der Waals surface area contributed by atoms with Crippen molar-refractivity contribution in [1.29, 1.82) is 0 Å². The number of phenols is 1. The summed E-state index contributed by atoms with van der Waals surface area (Å²) in [7, 11) is 1.27. The fourth-order valence-corrected chi connectivity index (χ4v) is 1.67. The predicted molar refractivity (Wildman–Crippen MR) is 73.1 cm³/mol. The third kappa shape index (κ3) is 3.06. The van der Waals surface area contributed by atoms with Crippen LogP contribution < -0.4 is 5.73 Å². The number of nitrogens with two attached hydrogens (primary N) is 1. The number of rotatable bonds is 4. The van der Waals surface area contributed by atoms with Crippen molar-refractivity contribution in [1.82, 2.24) is 15.4 Å². The van der Waals surface area contributed by atoms with Crippen LogP contribution in [0.4, 0.5) is 0 Å². The molecule has 0 unspecified atom stereocenters. The zero-order valence-corrected chi connectivity index (χ0v) is 11.0. The summed E-state index contributed by atoms with van der Waals surface area (Å²) in [6.45, 7) is 0. The fraction of sp³-hybridized carbons (Fsp3) is 0.0769. The number of primary amides is 1. The van der Waals surface area contributed by atoms with E-state index in [2.05, 4.69) is 20.1 Å². The Labute approximate surface area is 119 Å². The van der Waals surface area contributed by atoms with Gasteiger partial charge in [-0.1, -0.05) is 6.07 Å². The number of aromatic nitrogens is 3. The number of esters is 1. The first-order valence-corrected chi connectivity index (χ1v) is 5.83. The van der Waals surface area contributed by atoms with Gasteiger partial charge in [-0.3, -0.25) is 4.79 Å². The number of H-pyrrole nitrogens is 1. The number of ether oxygens (including phenoxy) is 1. The molecule has 0 fully saturated rings. The number of aromatic hydroxyl groups is 1. The lowest BCUT2D eigenvalue weighted by Gasteiger charge is -2.04. The first-order valence-electron chi connectivity index (χ1n) is 5.83. The van der Waals surface area contributed by atoms with Crippen LogP contribution in [0.25, 0.3) is 17.3 Å². The highest BCUT2D eigenvalue weighted by atomic mass is 16.5. The molecule has 0 aliphatic heterocycles. The Balaban J connectivity index is 2.44. The summed E-state index contributed by atoms with van der Waals surface area (Å²) in [6, 6.07) is 4.53. The summed E-state index contributed by atoms with van der Waals surface area (Å²) in [5.41, 5.74) is 6.10. The number of carbonyl (C=O) groups is 2. The van der Waals surface area contributed by atoms with Crippen LogP contribution in [0.3, 0.4) is 0 Å². The number of methoxy groups -OCH3 is 1. The molecule has 0 atom stereocenters. The molecule has 0 saturated heterocycles. The van der Waals surface area contributed by atoms with Gasteiger partial charge in [-0.2, -0.15) is 15.4 Å². The molecular weight excluding hydrogens is 276 g/mol. The second-order valence-electron chi connectivity index (χ2n) is 4.02. The Bertz CT molecular complexity index is 721. The second-order valence-corrected chi connectivity index (χ2v) is 4.02. The largest absolute Gasteiger partial charge is 0.507 e. The standard InChI is InChI=1S/C13H12N4O4/c1-21-10(19)5-3-7-2-4-9(18)8(6-7)11-12(13(14)20)16-17-15-11/h2-6,18H,1H3,(H2,14,20)(H,15,16,17). The molecule has 4 N–H and O–H groups in total. The van der Waals surface area contributed by atoms with Crippen LogP contribution in [-0.4, -0.2) is 39.5 Å². The number of benzene rings is 1. The average Bonchev–Trinajstić information content (AvgIpc) is 2.95. The second kappa shape index (κ2) is 5.87. The number of hydrogen-bond donors (Lipinski definition) is 3. The lowest BCUT2D eigenvalue weighted by molar-refractivity contribution is -0.134. The van der Waals surface area contributed by atoms with Gasteiger partial charge in [0.1, 0.15) is 11.4 Å². The van der Waals surface area contributed by atoms with E-state index in [0.29, 0.717) is 5.56 Å². The van der Waals surface area contributed by atoms with Crippen LogP contribution in [0.5, 0.6) is 5.75 Å². The zero-order chi connectivity index (χ0) is 15.4. The Morgan fingerprint density at radius 3 is 2.81 bits per heavy atom. The first-order chi connectivity index (χ1) is 10.0. The molecule has 0 bridgehead atoms. The molecule has 21 heavy (non-hydrogen) atoms. The van der Waals surface area contributed by atoms with E-state index in [1.807, 2.05) is 0 Å². The van der Waals surface area contributed by atoms with Crippen LogP contribution in [0.2, 0.25) is 0 Å². The van der Waals surface area contributed by atoms with E-state index in [1.165, 1.54) is 25.3 Å². The van der Waals surface area contributed by atoms with Gasteiger partial charge in [0.2, 0.25) is 0 Å². The van der Waals surface area contributed by atoms with Crippen molar-refractivity contribution in [2.75, 3.05) is 7.11 Å². The van der Waals surface area contributed by atoms with Crippen molar-refractivity contribution in [2.45, 2.75) is 0 Å². The minimum absolute atomic E-state index is 0.0839. The number of carbonyl (C=O) groups excluding carboxylic acids is 2. The van der Waals surface area contributed by atoms with Crippen LogP contribution in [0.1, 0.15) is 16.1 Å². The van der Waals surface area contributed by atoms with E-state index in [9.17, 15) is 14.7 Å². The topological polar surface area (TPSA) is 131 Å². The van der Waals surface area contributed by atoms with Crippen LogP contribution in [0.15, 0.2) is 24.3 Å². The number of aromatic amines is 1. The van der Waals surface area contributed by atoms with Gasteiger partial charge in [0, 0.05) is 11.6 Å². The molecule has 0 aliphatic rings. The van der Waals surface area contributed by atoms with Crippen molar-refractivity contribution in [3.8, 4) is 17.0 Å². The van der Waals surface area contributed by atoms with Crippen molar-refractivity contribution in [3.05, 3.63) is 35.5 Å². The summed E-state index contributed by atoms with van der Waals surface area (Å²) in [5.74, 6) is -1.38. The van der Waals surface area contributed by atoms with Gasteiger partial charge in [0.15, 0.2) is 5.69 Å². The molecule has 0 saturated carbocycles. The highest BCUT2D eigenvalue weighted by Crippen LogP contribution is 2.30. The maximum Gasteiger partial charge on any atom is 0.330 e. The number of nitrogens with one attached hydrogen (secondary N) is 1. The van der Waals surface area contributed by atoms with Crippen molar-refractivity contribution >= 4 is 18.0 Å². The maximum absolute atomic E-state index is 11.2. The monoisotopic (exact) mass is 288 g/mol. The normalized spacial score (nSPS) is 10.7. The van der Waals surface area contributed by atoms with Gasteiger partial charge in [-0.15, -0.1) is 0 Å². The molecule has 1 aromatic heterocycles. The van der Waals surface area contributed by atoms with E-state index in [0.717, 1.165) is 0 Å². The third-order valence-corrected chi connectivity index (χ3v) is 2.67. The summed E-state index contributed by atoms with van der Waals surface area (Å²) < 4.78 is 4.49. The minimum atomic E-state index is -0.770. The Kier molecular flexibility index (Phi) is 3.98. The molecule has 2 rings (SSSR count). The highest BCUT2D eigenvalue weighted by molar-refractivity contribution is 5.97. The zero-order valence-electron chi connectivity index (χ0n) is 11.0. The molecule has 0 spiro atoms. The summed E-state index contributed by atoms with van der Waals surface area (Å²) >= 11 is 0. The first kappa shape index (κ1) is 14.3. The molecule has 0 radical (unpaired) electrons. The van der Waals surface area contributed by atoms with Crippen molar-refractivity contribution in [2.24, 2.45) is 5.73 Å². The highest BCUT2D eigenvalue weighted by Gasteiger charge is 2.18. The molecule has 1 aromatic carbocycles. The molecule has 2 aromatic rings. The van der Waals surface area contributed by atoms with E-state index < -0.39 is 11.9 Å². The van der Waals surface area contributed by atoms with Crippen LogP contribution in [-0.2, 0) is 9.53 Å². The van der Waals surface area contributed by atoms with E-state index in [4.69, 9.17) is 5.73 Å². The van der Waals surface area contributed by atoms with Gasteiger partial charge < -0.3 is 15.6 Å². The average molecular weight is 288 g/mol. The van der Waals surface area contributed by atoms with E-state index in [1.54, 1.807) is 12.1 Å². The fourth-order valence-electron chi connectivity index (χ4n) is 1.67. The predicted octanol–water partition coefficient (Wildman–Crippen LogP) is 0.462. The minimum Gasteiger partial charge on any atom is -0.507 e. The quantitative estimate of drug-likeness (QED) is 0.553. The van der Waals surface area contributed by atoms with Gasteiger partial charge >= 0.3 is 5.97 Å². The smallest absolute Gasteiger partial charge is 0.330 e. The summed E-state index contributed by atoms with van der Waals surface area (Å²) in [4.78, 5) is 22.3. The Morgan fingerprint density at radius 1 is 1.38 bits per heavy atom. The van der Waals surface area contributed by atoms with E-state index in [-0.39, 0.29) is 22.7 Å². The van der Waals surface area contributed by atoms with Crippen molar-refractivity contribution in [3.63, 3.8) is 0 Å². The third-order valence-electron chi connectivity index (χ3n) is 2.67. The Hall–Kier alpha value is -3.16. The molecule has 8 heteroatoms. The number of hydrogen-bond acceptors (Lipinski definition) is 6. The molecule has 1 amide bonds. The van der Waals surface area contributed by atoms with Gasteiger partial charge in [0.05, 0.1) is 7.11 Å². The van der Waals surface area contributed by atoms with E-state index >= 15 is 0 Å². The molecule has 1 heterocycles. The number of amides is 1. The summed E-state index contributed by atoms with van der Waals surface area (Å²) in [5, 5.41) is 19.6. The lowest BCUT2D eigenvalue weighted by Crippen LogP contribution is -2.12. The molecular formula is C13H12N4O4. The lowest BCUT2D eigenvalue weighted by atomic mass is 10.0. The van der Waals surface area contributed by atoms with Crippen molar-refractivity contribution < 1.29 is 19.4 Å². The number of nitrogens with zero attached hydrogens (tertiary/aromatic N) is 2. The van der Waals surface area contributed by atoms with Gasteiger partial charge in [0.25, 0.3) is 5.91 Å². The van der Waals surface area contributed by atoms with Gasteiger partial charge in [-0.05, 0) is 23.8 Å². The summed E-state index contributed by atoms with van der Waals surface area (Å²) in [6.07, 6.45) is 2.73. The SMILES string of the molecule is COC(=O)C=Cc1ccc(O)c(-c2n[nH]nc2C(N)=O)c1. The van der Waals surface area contributed by atoms with Gasteiger partial charge in [-0.25, -0.2) is 4.79 Å². The molecule has 108 valence electrons. The number of phenolic OH excluding ortho intramolecular Hbond substituents is 1. The van der Waals surface area contributed by atoms with Crippen LogP contribution >= 0.6 is 0 Å².